The van der Waals surface area contributed by atoms with Crippen molar-refractivity contribution in [3.8, 4) is 0 Å². The molecule has 0 saturated carbocycles. The molecule has 0 amide bonds. The van der Waals surface area contributed by atoms with Crippen molar-refractivity contribution in [2.24, 2.45) is 0 Å². The van der Waals surface area contributed by atoms with E-state index in [0.717, 1.165) is 41.9 Å². The first-order valence-corrected chi connectivity index (χ1v) is 16.1. The number of benzene rings is 4. The van der Waals surface area contributed by atoms with Gasteiger partial charge in [0.1, 0.15) is 5.82 Å². The van der Waals surface area contributed by atoms with Crippen molar-refractivity contribution in [2.75, 3.05) is 29.5 Å². The molecule has 0 spiro atoms. The summed E-state index contributed by atoms with van der Waals surface area (Å²) < 4.78 is 14.2. The van der Waals surface area contributed by atoms with Crippen molar-refractivity contribution >= 4 is 28.8 Å². The van der Waals surface area contributed by atoms with Gasteiger partial charge in [-0.3, -0.25) is 16.2 Å². The Balaban J connectivity index is 1.75. The third kappa shape index (κ3) is 8.28. The van der Waals surface area contributed by atoms with Gasteiger partial charge in [0.15, 0.2) is 0 Å². The van der Waals surface area contributed by atoms with Crippen molar-refractivity contribution < 1.29 is 4.39 Å². The van der Waals surface area contributed by atoms with Crippen molar-refractivity contribution in [1.29, 1.82) is 0 Å². The third-order valence-electron chi connectivity index (χ3n) is 7.37. The zero-order chi connectivity index (χ0) is 29.8. The Bertz CT molecular complexity index is 1340. The number of halogens is 1. The van der Waals surface area contributed by atoms with E-state index in [4.69, 9.17) is 0 Å². The Kier molecular flexibility index (Phi) is 11.7. The number of unbranched alkanes of at least 4 members (excludes halogenated alkanes) is 2. The van der Waals surface area contributed by atoms with Crippen LogP contribution in [0.5, 0.6) is 0 Å². The first kappa shape index (κ1) is 31.4. The van der Waals surface area contributed by atoms with Crippen LogP contribution in [0.4, 0.5) is 21.5 Å². The summed E-state index contributed by atoms with van der Waals surface area (Å²) in [6.45, 7) is 4.41. The fourth-order valence-electron chi connectivity index (χ4n) is 4.96. The lowest BCUT2D eigenvalue weighted by Gasteiger charge is -2.45. The first-order chi connectivity index (χ1) is 20.5. The maximum absolute atomic E-state index is 14.2. The SMILES string of the molecule is CCCCCc1ccc(NN(Nc2ccc(SC)cc2)C(NC)(Nc2ccc(CCC)cc2)c2ccc(F)cc2)cc1. The lowest BCUT2D eigenvalue weighted by molar-refractivity contribution is 0.145. The highest BCUT2D eigenvalue weighted by atomic mass is 32.2. The van der Waals surface area contributed by atoms with Crippen molar-refractivity contribution in [2.45, 2.75) is 63.1 Å². The number of hydrogen-bond donors (Lipinski definition) is 4. The fourth-order valence-corrected chi connectivity index (χ4v) is 5.37. The molecule has 0 aliphatic heterocycles. The highest BCUT2D eigenvalue weighted by Crippen LogP contribution is 2.31. The second-order valence-corrected chi connectivity index (χ2v) is 11.4. The largest absolute Gasteiger partial charge is 0.348 e. The molecular weight excluding hydrogens is 541 g/mol. The number of hydrazine groups is 2. The van der Waals surface area contributed by atoms with Gasteiger partial charge in [0.2, 0.25) is 5.79 Å². The third-order valence-corrected chi connectivity index (χ3v) is 8.12. The summed E-state index contributed by atoms with van der Waals surface area (Å²) >= 11 is 1.70. The predicted molar refractivity (Wildman–Crippen MR) is 178 cm³/mol. The Hall–Kier alpha value is -3.52. The average molecular weight is 586 g/mol. The van der Waals surface area contributed by atoms with Crippen molar-refractivity contribution in [1.82, 2.24) is 10.4 Å². The summed E-state index contributed by atoms with van der Waals surface area (Å²) in [5, 5.41) is 9.15. The summed E-state index contributed by atoms with van der Waals surface area (Å²) in [4.78, 5) is 1.18. The molecule has 0 aliphatic rings. The molecule has 4 aromatic rings. The summed E-state index contributed by atoms with van der Waals surface area (Å²) in [5.74, 6) is -1.32. The smallest absolute Gasteiger partial charge is 0.209 e. The Labute approximate surface area is 255 Å². The van der Waals surface area contributed by atoms with E-state index in [-0.39, 0.29) is 5.82 Å². The molecule has 4 aromatic carbocycles. The molecule has 1 unspecified atom stereocenters. The number of rotatable bonds is 16. The Morgan fingerprint density at radius 2 is 1.21 bits per heavy atom. The lowest BCUT2D eigenvalue weighted by atomic mass is 10.1. The van der Waals surface area contributed by atoms with Gasteiger partial charge in [0.05, 0.1) is 11.4 Å². The molecule has 0 bridgehead atoms. The highest BCUT2D eigenvalue weighted by molar-refractivity contribution is 7.98. The summed E-state index contributed by atoms with van der Waals surface area (Å²) in [7, 11) is 1.89. The predicted octanol–water partition coefficient (Wildman–Crippen LogP) is 9.03. The number of aryl methyl sites for hydroxylation is 2. The fraction of sp³-hybridized carbons (Fsp3) is 0.314. The van der Waals surface area contributed by atoms with E-state index in [1.807, 2.05) is 12.2 Å². The molecule has 0 heterocycles. The van der Waals surface area contributed by atoms with Gasteiger partial charge >= 0.3 is 0 Å². The molecule has 7 heteroatoms. The molecule has 5 nitrogen and oxygen atoms in total. The topological polar surface area (TPSA) is 51.4 Å². The molecule has 4 rings (SSSR count). The summed E-state index contributed by atoms with van der Waals surface area (Å²) in [5.41, 5.74) is 13.4. The van der Waals surface area contributed by atoms with Crippen LogP contribution < -0.4 is 21.5 Å². The molecule has 0 saturated heterocycles. The normalized spacial score (nSPS) is 12.6. The van der Waals surface area contributed by atoms with Crippen LogP contribution in [0.25, 0.3) is 0 Å². The van der Waals surface area contributed by atoms with E-state index in [1.165, 1.54) is 47.4 Å². The monoisotopic (exact) mass is 585 g/mol. The van der Waals surface area contributed by atoms with Crippen molar-refractivity contribution in [3.05, 3.63) is 120 Å². The number of anilines is 3. The van der Waals surface area contributed by atoms with E-state index < -0.39 is 5.79 Å². The van der Waals surface area contributed by atoms with Gasteiger partial charge in [0.25, 0.3) is 0 Å². The van der Waals surface area contributed by atoms with E-state index >= 15 is 0 Å². The number of nitrogens with zero attached hydrogens (tertiary/aromatic N) is 1. The van der Waals surface area contributed by atoms with Crippen LogP contribution in [0.15, 0.2) is 102 Å². The van der Waals surface area contributed by atoms with Crippen LogP contribution in [0, 0.1) is 5.82 Å². The van der Waals surface area contributed by atoms with E-state index in [9.17, 15) is 4.39 Å². The molecule has 1 atom stereocenters. The van der Waals surface area contributed by atoms with Crippen LogP contribution >= 0.6 is 11.8 Å². The van der Waals surface area contributed by atoms with Gasteiger partial charge in [-0.15, -0.1) is 11.8 Å². The second kappa shape index (κ2) is 15.6. The summed E-state index contributed by atoms with van der Waals surface area (Å²) in [6.07, 6.45) is 8.91. The molecule has 0 radical (unpaired) electrons. The maximum Gasteiger partial charge on any atom is 0.209 e. The van der Waals surface area contributed by atoms with Crippen LogP contribution in [-0.4, -0.2) is 18.4 Å². The van der Waals surface area contributed by atoms with Gasteiger partial charge in [0, 0.05) is 16.1 Å². The van der Waals surface area contributed by atoms with E-state index in [0.29, 0.717) is 0 Å². The molecule has 4 N–H and O–H groups in total. The standard InChI is InChI=1S/C35H44FN5S/c1-5-7-8-10-28-13-21-32(22-14-28)39-41(40-33-23-25-34(42-4)26-24-33)35(37-3,29-15-17-30(36)18-16-29)38-31-19-11-27(9-6-2)12-20-31/h11-26,37-40H,5-10H2,1-4H3. The van der Waals surface area contributed by atoms with E-state index in [2.05, 4.69) is 114 Å². The van der Waals surface area contributed by atoms with Crippen LogP contribution in [-0.2, 0) is 18.6 Å². The van der Waals surface area contributed by atoms with Crippen LogP contribution in [0.3, 0.4) is 0 Å². The number of nitrogens with one attached hydrogen (secondary N) is 4. The van der Waals surface area contributed by atoms with Crippen LogP contribution in [0.1, 0.15) is 56.2 Å². The molecule has 0 aliphatic carbocycles. The lowest BCUT2D eigenvalue weighted by Crippen LogP contribution is -2.64. The second-order valence-electron chi connectivity index (χ2n) is 10.5. The van der Waals surface area contributed by atoms with Crippen molar-refractivity contribution in [3.63, 3.8) is 0 Å². The average Bonchev–Trinajstić information content (AvgIpc) is 3.02. The van der Waals surface area contributed by atoms with Gasteiger partial charge in [-0.1, -0.05) is 74.6 Å². The van der Waals surface area contributed by atoms with Gasteiger partial charge < -0.3 is 5.32 Å². The quantitative estimate of drug-likeness (QED) is 0.0456. The van der Waals surface area contributed by atoms with E-state index in [1.54, 1.807) is 23.9 Å². The Morgan fingerprint density at radius 1 is 0.667 bits per heavy atom. The molecule has 42 heavy (non-hydrogen) atoms. The number of thioether (sulfide) groups is 1. The maximum atomic E-state index is 14.2. The van der Waals surface area contributed by atoms with Gasteiger partial charge in [-0.05, 0) is 104 Å². The molecule has 0 fully saturated rings. The molecular formula is C35H44FN5S. The van der Waals surface area contributed by atoms with Gasteiger partial charge in [-0.25, -0.2) is 4.39 Å². The highest BCUT2D eigenvalue weighted by Gasteiger charge is 2.39. The molecule has 0 aromatic heterocycles. The molecule has 222 valence electrons. The first-order valence-electron chi connectivity index (χ1n) is 14.9. The minimum atomic E-state index is -1.03. The minimum Gasteiger partial charge on any atom is -0.348 e. The summed E-state index contributed by atoms with van der Waals surface area (Å²) in [6, 6.07) is 32.0. The van der Waals surface area contributed by atoms with Crippen LogP contribution in [0.2, 0.25) is 0 Å². The Morgan fingerprint density at radius 3 is 1.74 bits per heavy atom. The van der Waals surface area contributed by atoms with Gasteiger partial charge in [-0.2, -0.15) is 0 Å². The zero-order valence-corrected chi connectivity index (χ0v) is 26.0. The minimum absolute atomic E-state index is 0.286. The zero-order valence-electron chi connectivity index (χ0n) is 25.2. The number of hydrogen-bond acceptors (Lipinski definition) is 6.